The van der Waals surface area contributed by atoms with Gasteiger partial charge in [-0.25, -0.2) is 0 Å². The lowest BCUT2D eigenvalue weighted by Gasteiger charge is -2.57. The second kappa shape index (κ2) is 3.62. The van der Waals surface area contributed by atoms with E-state index in [1.54, 1.807) is 6.20 Å². The summed E-state index contributed by atoms with van der Waals surface area (Å²) in [6, 6.07) is 2.02. The van der Waals surface area contributed by atoms with Gasteiger partial charge in [-0.2, -0.15) is 0 Å². The van der Waals surface area contributed by atoms with Crippen molar-refractivity contribution < 1.29 is 0 Å². The van der Waals surface area contributed by atoms with Crippen LogP contribution >= 0.6 is 0 Å². The van der Waals surface area contributed by atoms with Crippen LogP contribution in [0.4, 0.5) is 11.4 Å². The van der Waals surface area contributed by atoms with Gasteiger partial charge in [-0.05, 0) is 62.3 Å². The zero-order chi connectivity index (χ0) is 12.2. The zero-order valence-electron chi connectivity index (χ0n) is 10.7. The molecule has 0 amide bonds. The van der Waals surface area contributed by atoms with Crippen LogP contribution in [0.15, 0.2) is 18.5 Å². The van der Waals surface area contributed by atoms with E-state index in [1.165, 1.54) is 38.5 Å². The second-order valence-corrected chi connectivity index (χ2v) is 6.83. The number of pyridine rings is 1. The molecular weight excluding hydrogens is 222 g/mol. The molecule has 96 valence electrons. The fraction of sp³-hybridized carbons (Fsp3) is 0.667. The number of hydrogen-bond acceptors (Lipinski definition) is 3. The van der Waals surface area contributed by atoms with Crippen molar-refractivity contribution in [3.8, 4) is 0 Å². The maximum atomic E-state index is 5.82. The molecule has 1 aromatic heterocycles. The molecule has 18 heavy (non-hydrogen) atoms. The Morgan fingerprint density at radius 1 is 1.06 bits per heavy atom. The highest BCUT2D eigenvalue weighted by Crippen LogP contribution is 2.56. The predicted molar refractivity (Wildman–Crippen MR) is 73.2 cm³/mol. The van der Waals surface area contributed by atoms with E-state index in [2.05, 4.69) is 10.3 Å². The molecule has 0 atom stereocenters. The van der Waals surface area contributed by atoms with Crippen molar-refractivity contribution >= 4 is 11.4 Å². The molecule has 0 aromatic carbocycles. The lowest BCUT2D eigenvalue weighted by Crippen LogP contribution is -2.54. The molecule has 0 spiro atoms. The van der Waals surface area contributed by atoms with Crippen molar-refractivity contribution in [3.05, 3.63) is 18.5 Å². The molecule has 1 aromatic rings. The standard InChI is InChI=1S/C15H21N3/c16-13-4-14(9-17-8-13)18-15-5-10-1-11(6-15)3-12(2-10)7-15/h4,8-12,18H,1-3,5-7,16H2. The lowest BCUT2D eigenvalue weighted by molar-refractivity contribution is 0.0107. The van der Waals surface area contributed by atoms with Crippen LogP contribution in [0.5, 0.6) is 0 Å². The molecule has 3 nitrogen and oxygen atoms in total. The summed E-state index contributed by atoms with van der Waals surface area (Å²) >= 11 is 0. The Hall–Kier alpha value is -1.25. The molecular formula is C15H21N3. The van der Waals surface area contributed by atoms with Crippen molar-refractivity contribution in [1.29, 1.82) is 0 Å². The van der Waals surface area contributed by atoms with Crippen molar-refractivity contribution in [2.45, 2.75) is 44.1 Å². The van der Waals surface area contributed by atoms with E-state index < -0.39 is 0 Å². The highest BCUT2D eigenvalue weighted by molar-refractivity contribution is 5.53. The SMILES string of the molecule is Nc1cncc(NC23CC4CC(CC(C4)C2)C3)c1. The van der Waals surface area contributed by atoms with Gasteiger partial charge in [0, 0.05) is 11.7 Å². The molecule has 0 radical (unpaired) electrons. The summed E-state index contributed by atoms with van der Waals surface area (Å²) in [5.74, 6) is 2.91. The molecule has 4 fully saturated rings. The third-order valence-corrected chi connectivity index (χ3v) is 5.21. The molecule has 3 N–H and O–H groups in total. The molecule has 4 aliphatic rings. The number of aromatic nitrogens is 1. The van der Waals surface area contributed by atoms with Crippen LogP contribution < -0.4 is 11.1 Å². The van der Waals surface area contributed by atoms with Gasteiger partial charge in [0.2, 0.25) is 0 Å². The van der Waals surface area contributed by atoms with Gasteiger partial charge in [0.05, 0.1) is 17.6 Å². The number of nitrogen functional groups attached to an aromatic ring is 1. The van der Waals surface area contributed by atoms with Crippen LogP contribution in [0.1, 0.15) is 38.5 Å². The molecule has 1 heterocycles. The smallest absolute Gasteiger partial charge is 0.0551 e. The van der Waals surface area contributed by atoms with E-state index in [9.17, 15) is 0 Å². The normalized spacial score (nSPS) is 41.0. The fourth-order valence-electron chi connectivity index (χ4n) is 5.10. The van der Waals surface area contributed by atoms with E-state index in [0.29, 0.717) is 5.54 Å². The number of rotatable bonds is 2. The van der Waals surface area contributed by atoms with Crippen molar-refractivity contribution in [2.75, 3.05) is 11.1 Å². The highest BCUT2D eigenvalue weighted by Gasteiger charge is 2.50. The second-order valence-electron chi connectivity index (χ2n) is 6.83. The molecule has 3 heteroatoms. The Kier molecular flexibility index (Phi) is 2.14. The Bertz CT molecular complexity index is 433. The topological polar surface area (TPSA) is 50.9 Å². The van der Waals surface area contributed by atoms with E-state index in [0.717, 1.165) is 29.1 Å². The average molecular weight is 243 g/mol. The summed E-state index contributed by atoms with van der Waals surface area (Å²) in [6.07, 6.45) is 12.1. The Balaban J connectivity index is 1.60. The summed E-state index contributed by atoms with van der Waals surface area (Å²) in [7, 11) is 0. The van der Waals surface area contributed by atoms with Crippen LogP contribution in [-0.4, -0.2) is 10.5 Å². The summed E-state index contributed by atoms with van der Waals surface area (Å²) in [4.78, 5) is 4.19. The number of nitrogens with two attached hydrogens (primary N) is 1. The largest absolute Gasteiger partial charge is 0.397 e. The first kappa shape index (κ1) is 10.7. The Labute approximate surface area is 108 Å². The van der Waals surface area contributed by atoms with Gasteiger partial charge in [-0.1, -0.05) is 0 Å². The van der Waals surface area contributed by atoms with Crippen LogP contribution in [0, 0.1) is 17.8 Å². The van der Waals surface area contributed by atoms with Gasteiger partial charge < -0.3 is 11.1 Å². The van der Waals surface area contributed by atoms with Gasteiger partial charge in [-0.15, -0.1) is 0 Å². The highest BCUT2D eigenvalue weighted by atomic mass is 15.0. The Morgan fingerprint density at radius 3 is 2.22 bits per heavy atom. The van der Waals surface area contributed by atoms with Gasteiger partial charge in [0.25, 0.3) is 0 Å². The molecule has 5 rings (SSSR count). The molecule has 0 aliphatic heterocycles. The number of nitrogens with one attached hydrogen (secondary N) is 1. The molecule has 4 saturated carbocycles. The maximum Gasteiger partial charge on any atom is 0.0551 e. The summed E-state index contributed by atoms with van der Waals surface area (Å²) in [5, 5.41) is 3.78. The van der Waals surface area contributed by atoms with Crippen molar-refractivity contribution in [1.82, 2.24) is 4.98 Å². The third kappa shape index (κ3) is 1.68. The van der Waals surface area contributed by atoms with E-state index in [-0.39, 0.29) is 0 Å². The van der Waals surface area contributed by atoms with Gasteiger partial charge in [-0.3, -0.25) is 4.98 Å². The molecule has 4 bridgehead atoms. The quantitative estimate of drug-likeness (QED) is 0.839. The number of anilines is 2. The lowest BCUT2D eigenvalue weighted by atomic mass is 9.53. The first-order chi connectivity index (χ1) is 8.71. The third-order valence-electron chi connectivity index (χ3n) is 5.21. The Morgan fingerprint density at radius 2 is 1.67 bits per heavy atom. The summed E-state index contributed by atoms with van der Waals surface area (Å²) in [5.41, 5.74) is 8.04. The molecule has 0 unspecified atom stereocenters. The minimum Gasteiger partial charge on any atom is -0.397 e. The van der Waals surface area contributed by atoms with Crippen molar-refractivity contribution in [2.24, 2.45) is 17.8 Å². The van der Waals surface area contributed by atoms with Crippen molar-refractivity contribution in [3.63, 3.8) is 0 Å². The first-order valence-electron chi connectivity index (χ1n) is 7.19. The van der Waals surface area contributed by atoms with E-state index >= 15 is 0 Å². The summed E-state index contributed by atoms with van der Waals surface area (Å²) < 4.78 is 0. The van der Waals surface area contributed by atoms with E-state index in [1.807, 2.05) is 12.3 Å². The molecule has 4 aliphatic carbocycles. The average Bonchev–Trinajstić information content (AvgIpc) is 2.25. The van der Waals surface area contributed by atoms with Crippen LogP contribution in [0.2, 0.25) is 0 Å². The molecule has 0 saturated heterocycles. The van der Waals surface area contributed by atoms with Crippen LogP contribution in [0.25, 0.3) is 0 Å². The fourth-order valence-corrected chi connectivity index (χ4v) is 5.10. The first-order valence-corrected chi connectivity index (χ1v) is 7.19. The van der Waals surface area contributed by atoms with Crippen LogP contribution in [-0.2, 0) is 0 Å². The minimum atomic E-state index is 0.351. The van der Waals surface area contributed by atoms with Gasteiger partial charge in [0.15, 0.2) is 0 Å². The zero-order valence-corrected chi connectivity index (χ0v) is 10.7. The van der Waals surface area contributed by atoms with E-state index in [4.69, 9.17) is 5.73 Å². The number of hydrogen-bond donors (Lipinski definition) is 2. The maximum absolute atomic E-state index is 5.82. The van der Waals surface area contributed by atoms with Gasteiger partial charge >= 0.3 is 0 Å². The van der Waals surface area contributed by atoms with Gasteiger partial charge in [0.1, 0.15) is 0 Å². The minimum absolute atomic E-state index is 0.351. The van der Waals surface area contributed by atoms with Crippen LogP contribution in [0.3, 0.4) is 0 Å². The monoisotopic (exact) mass is 243 g/mol. The predicted octanol–water partition coefficient (Wildman–Crippen LogP) is 3.04. The summed E-state index contributed by atoms with van der Waals surface area (Å²) in [6.45, 7) is 0. The number of nitrogens with zero attached hydrogens (tertiary/aromatic N) is 1.